The number of aromatic nitrogens is 1. The maximum atomic E-state index is 11.9. The van der Waals surface area contributed by atoms with Crippen LogP contribution in [0.3, 0.4) is 0 Å². The van der Waals surface area contributed by atoms with Gasteiger partial charge in [-0.05, 0) is 38.1 Å². The summed E-state index contributed by atoms with van der Waals surface area (Å²) in [5.74, 6) is -0.689. The van der Waals surface area contributed by atoms with E-state index >= 15 is 0 Å². The van der Waals surface area contributed by atoms with E-state index in [2.05, 4.69) is 15.8 Å². The molecule has 0 aliphatic heterocycles. The summed E-state index contributed by atoms with van der Waals surface area (Å²) in [6.45, 7) is 3.20. The molecule has 2 N–H and O–H groups in total. The maximum Gasteiger partial charge on any atom is 0.308 e. The lowest BCUT2D eigenvalue weighted by molar-refractivity contribution is -0.153. The number of hydrogen-bond donors (Lipinski definition) is 2. The van der Waals surface area contributed by atoms with E-state index in [4.69, 9.17) is 20.9 Å². The Kier molecular flexibility index (Phi) is 6.74. The van der Waals surface area contributed by atoms with Crippen molar-refractivity contribution in [3.05, 3.63) is 46.7 Å². The normalized spacial score (nSPS) is 11.5. The van der Waals surface area contributed by atoms with Gasteiger partial charge in [-0.2, -0.15) is 0 Å². The molecule has 1 heterocycles. The fourth-order valence-electron chi connectivity index (χ4n) is 1.94. The first-order valence-corrected chi connectivity index (χ1v) is 8.20. The quantitative estimate of drug-likeness (QED) is 0.714. The van der Waals surface area contributed by atoms with Gasteiger partial charge < -0.3 is 19.9 Å². The number of aryl methyl sites for hydroxylation is 1. The van der Waals surface area contributed by atoms with Crippen LogP contribution in [-0.4, -0.2) is 35.6 Å². The monoisotopic (exact) mass is 379 g/mol. The molecular formula is C17H18ClN3O5. The summed E-state index contributed by atoms with van der Waals surface area (Å²) in [7, 11) is 0. The standard InChI is InChI=1S/C17H18ClN3O5/c1-10-9-14(21-26-10)20-16(23)11(2)25-15(22)7-8-19-17(24)12-3-5-13(18)6-4-12/h3-6,9,11H,7-8H2,1-2H3,(H,19,24)(H,20,21,23)/t11-/m1/s1. The molecule has 138 valence electrons. The molecule has 0 aliphatic carbocycles. The smallest absolute Gasteiger partial charge is 0.308 e. The second kappa shape index (κ2) is 9.00. The molecule has 2 amide bonds. The molecule has 2 aromatic rings. The molecule has 0 radical (unpaired) electrons. The number of carbonyl (C=O) groups excluding carboxylic acids is 3. The first-order chi connectivity index (χ1) is 12.3. The zero-order valence-corrected chi connectivity index (χ0v) is 15.0. The minimum atomic E-state index is -1.01. The lowest BCUT2D eigenvalue weighted by Gasteiger charge is -2.12. The topological polar surface area (TPSA) is 111 Å². The SMILES string of the molecule is Cc1cc(NC(=O)[C@@H](C)OC(=O)CCNC(=O)c2ccc(Cl)cc2)no1. The summed E-state index contributed by atoms with van der Waals surface area (Å²) < 4.78 is 9.84. The lowest BCUT2D eigenvalue weighted by atomic mass is 10.2. The van der Waals surface area contributed by atoms with E-state index in [0.29, 0.717) is 16.3 Å². The van der Waals surface area contributed by atoms with Crippen molar-refractivity contribution in [1.29, 1.82) is 0 Å². The third-order valence-electron chi connectivity index (χ3n) is 3.28. The minimum absolute atomic E-state index is 0.0694. The predicted octanol–water partition coefficient (Wildman–Crippen LogP) is 2.33. The number of rotatable bonds is 7. The summed E-state index contributed by atoms with van der Waals surface area (Å²) >= 11 is 5.75. The Bertz CT molecular complexity index is 788. The van der Waals surface area contributed by atoms with Crippen molar-refractivity contribution >= 4 is 35.2 Å². The van der Waals surface area contributed by atoms with Crippen molar-refractivity contribution in [2.75, 3.05) is 11.9 Å². The molecular weight excluding hydrogens is 362 g/mol. The molecule has 26 heavy (non-hydrogen) atoms. The van der Waals surface area contributed by atoms with E-state index in [1.807, 2.05) is 0 Å². The van der Waals surface area contributed by atoms with Crippen LogP contribution in [0.1, 0.15) is 29.5 Å². The van der Waals surface area contributed by atoms with Crippen LogP contribution in [0, 0.1) is 6.92 Å². The summed E-state index contributed by atoms with van der Waals surface area (Å²) in [5.41, 5.74) is 0.429. The van der Waals surface area contributed by atoms with E-state index in [0.717, 1.165) is 0 Å². The van der Waals surface area contributed by atoms with Crippen LogP contribution in [0.5, 0.6) is 0 Å². The maximum absolute atomic E-state index is 11.9. The number of ether oxygens (including phenoxy) is 1. The van der Waals surface area contributed by atoms with E-state index < -0.39 is 18.0 Å². The van der Waals surface area contributed by atoms with Crippen LogP contribution < -0.4 is 10.6 Å². The summed E-state index contributed by atoms with van der Waals surface area (Å²) in [4.78, 5) is 35.6. The molecule has 0 bridgehead atoms. The molecule has 0 saturated carbocycles. The second-order valence-electron chi connectivity index (χ2n) is 5.46. The predicted molar refractivity (Wildman–Crippen MR) is 93.8 cm³/mol. The summed E-state index contributed by atoms with van der Waals surface area (Å²) in [6.07, 6.45) is -1.08. The van der Waals surface area contributed by atoms with Crippen molar-refractivity contribution < 1.29 is 23.6 Å². The highest BCUT2D eigenvalue weighted by atomic mass is 35.5. The van der Waals surface area contributed by atoms with Gasteiger partial charge in [0.25, 0.3) is 11.8 Å². The van der Waals surface area contributed by atoms with Gasteiger partial charge in [0, 0.05) is 23.2 Å². The van der Waals surface area contributed by atoms with Gasteiger partial charge in [0.15, 0.2) is 11.9 Å². The van der Waals surface area contributed by atoms with Gasteiger partial charge >= 0.3 is 5.97 Å². The fraction of sp³-hybridized carbons (Fsp3) is 0.294. The lowest BCUT2D eigenvalue weighted by Crippen LogP contribution is -2.32. The van der Waals surface area contributed by atoms with Gasteiger partial charge in [0.1, 0.15) is 5.76 Å². The zero-order chi connectivity index (χ0) is 19.1. The van der Waals surface area contributed by atoms with Gasteiger partial charge in [-0.1, -0.05) is 16.8 Å². The molecule has 0 aliphatic rings. The van der Waals surface area contributed by atoms with Crippen molar-refractivity contribution in [3.8, 4) is 0 Å². The average Bonchev–Trinajstić information content (AvgIpc) is 3.00. The van der Waals surface area contributed by atoms with Crippen LogP contribution in [0.25, 0.3) is 0 Å². The number of nitrogens with zero attached hydrogens (tertiary/aromatic N) is 1. The Balaban J connectivity index is 1.71. The molecule has 1 atom stereocenters. The molecule has 8 nitrogen and oxygen atoms in total. The third-order valence-corrected chi connectivity index (χ3v) is 3.53. The molecule has 2 rings (SSSR count). The Morgan fingerprint density at radius 2 is 1.96 bits per heavy atom. The molecule has 1 aromatic carbocycles. The Labute approximate surface area is 154 Å². The van der Waals surface area contributed by atoms with Gasteiger partial charge in [-0.3, -0.25) is 14.4 Å². The highest BCUT2D eigenvalue weighted by Crippen LogP contribution is 2.10. The third kappa shape index (κ3) is 5.89. The van der Waals surface area contributed by atoms with E-state index in [1.165, 1.54) is 6.92 Å². The van der Waals surface area contributed by atoms with Crippen LogP contribution in [0.4, 0.5) is 5.82 Å². The minimum Gasteiger partial charge on any atom is -0.452 e. The number of benzene rings is 1. The first-order valence-electron chi connectivity index (χ1n) is 7.82. The van der Waals surface area contributed by atoms with Gasteiger partial charge in [0.05, 0.1) is 6.42 Å². The van der Waals surface area contributed by atoms with Crippen LogP contribution in [0.15, 0.2) is 34.9 Å². The molecule has 1 aromatic heterocycles. The van der Waals surface area contributed by atoms with Crippen molar-refractivity contribution in [3.63, 3.8) is 0 Å². The molecule has 0 unspecified atom stereocenters. The molecule has 0 spiro atoms. The van der Waals surface area contributed by atoms with Crippen molar-refractivity contribution in [2.45, 2.75) is 26.4 Å². The number of nitrogens with one attached hydrogen (secondary N) is 2. The Morgan fingerprint density at radius 1 is 1.27 bits per heavy atom. The fourth-order valence-corrected chi connectivity index (χ4v) is 2.07. The van der Waals surface area contributed by atoms with E-state index in [9.17, 15) is 14.4 Å². The highest BCUT2D eigenvalue weighted by molar-refractivity contribution is 6.30. The van der Waals surface area contributed by atoms with Crippen molar-refractivity contribution in [2.24, 2.45) is 0 Å². The summed E-state index contributed by atoms with van der Waals surface area (Å²) in [6, 6.07) is 7.89. The number of hydrogen-bond acceptors (Lipinski definition) is 6. The van der Waals surface area contributed by atoms with Gasteiger partial charge in [-0.25, -0.2) is 0 Å². The largest absolute Gasteiger partial charge is 0.452 e. The Hall–Kier alpha value is -2.87. The first kappa shape index (κ1) is 19.5. The van der Waals surface area contributed by atoms with E-state index in [1.54, 1.807) is 37.3 Å². The molecule has 0 fully saturated rings. The average molecular weight is 380 g/mol. The summed E-state index contributed by atoms with van der Waals surface area (Å²) in [5, 5.41) is 9.20. The van der Waals surface area contributed by atoms with Crippen molar-refractivity contribution in [1.82, 2.24) is 10.5 Å². The molecule has 9 heteroatoms. The number of carbonyl (C=O) groups is 3. The number of anilines is 1. The molecule has 0 saturated heterocycles. The highest BCUT2D eigenvalue weighted by Gasteiger charge is 2.19. The van der Waals surface area contributed by atoms with Crippen LogP contribution >= 0.6 is 11.6 Å². The van der Waals surface area contributed by atoms with Crippen LogP contribution in [0.2, 0.25) is 5.02 Å². The second-order valence-corrected chi connectivity index (χ2v) is 5.89. The van der Waals surface area contributed by atoms with E-state index in [-0.39, 0.29) is 24.7 Å². The van der Waals surface area contributed by atoms with Crippen LogP contribution in [-0.2, 0) is 14.3 Å². The van der Waals surface area contributed by atoms with Gasteiger partial charge in [0.2, 0.25) is 0 Å². The number of amides is 2. The zero-order valence-electron chi connectivity index (χ0n) is 14.2. The Morgan fingerprint density at radius 3 is 2.58 bits per heavy atom. The number of esters is 1. The number of halogens is 1. The van der Waals surface area contributed by atoms with Gasteiger partial charge in [-0.15, -0.1) is 0 Å².